The molecule has 0 aliphatic carbocycles. The molecule has 0 saturated heterocycles. The molecular formula is C25H17N. The minimum Gasteiger partial charge on any atom is -0.256 e. The normalized spacial score (nSPS) is 11.1. The lowest BCUT2D eigenvalue weighted by Gasteiger charge is -2.10. The third-order valence-electron chi connectivity index (χ3n) is 4.91. The second kappa shape index (κ2) is 6.12. The van der Waals surface area contributed by atoms with Crippen LogP contribution in [-0.4, -0.2) is 4.98 Å². The van der Waals surface area contributed by atoms with Crippen molar-refractivity contribution in [3.05, 3.63) is 103 Å². The number of benzene rings is 4. The molecule has 0 bridgehead atoms. The van der Waals surface area contributed by atoms with E-state index in [2.05, 4.69) is 96.0 Å². The molecule has 122 valence electrons. The van der Waals surface area contributed by atoms with Gasteiger partial charge < -0.3 is 0 Å². The SMILES string of the molecule is c1cc(-c2cccc3ccccc23)cc(-c2cccc3cccnc23)c1. The first-order chi connectivity index (χ1) is 12.9. The lowest BCUT2D eigenvalue weighted by molar-refractivity contribution is 1.41. The highest BCUT2D eigenvalue weighted by Crippen LogP contribution is 2.33. The van der Waals surface area contributed by atoms with E-state index < -0.39 is 0 Å². The number of pyridine rings is 1. The Balaban J connectivity index is 1.72. The molecule has 0 fully saturated rings. The van der Waals surface area contributed by atoms with Crippen molar-refractivity contribution in [3.8, 4) is 22.3 Å². The maximum atomic E-state index is 4.61. The van der Waals surface area contributed by atoms with Gasteiger partial charge in [0.25, 0.3) is 0 Å². The minimum absolute atomic E-state index is 1.05. The van der Waals surface area contributed by atoms with Crippen molar-refractivity contribution in [1.29, 1.82) is 0 Å². The van der Waals surface area contributed by atoms with Crippen LogP contribution in [0.1, 0.15) is 0 Å². The van der Waals surface area contributed by atoms with Crippen molar-refractivity contribution < 1.29 is 0 Å². The van der Waals surface area contributed by atoms with Crippen LogP contribution >= 0.6 is 0 Å². The molecule has 0 atom stereocenters. The number of fused-ring (bicyclic) bond motifs is 2. The van der Waals surface area contributed by atoms with Gasteiger partial charge in [-0.3, -0.25) is 4.98 Å². The van der Waals surface area contributed by atoms with E-state index in [-0.39, 0.29) is 0 Å². The molecule has 0 unspecified atom stereocenters. The summed E-state index contributed by atoms with van der Waals surface area (Å²) in [6.45, 7) is 0. The average Bonchev–Trinajstić information content (AvgIpc) is 2.73. The van der Waals surface area contributed by atoms with Crippen molar-refractivity contribution in [1.82, 2.24) is 4.98 Å². The molecule has 0 aliphatic heterocycles. The van der Waals surface area contributed by atoms with E-state index in [1.54, 1.807) is 0 Å². The summed E-state index contributed by atoms with van der Waals surface area (Å²) in [5.74, 6) is 0. The number of rotatable bonds is 2. The molecule has 5 aromatic rings. The van der Waals surface area contributed by atoms with Gasteiger partial charge in [0.05, 0.1) is 5.52 Å². The summed E-state index contributed by atoms with van der Waals surface area (Å²) in [5, 5.41) is 3.71. The summed E-state index contributed by atoms with van der Waals surface area (Å²) in [4.78, 5) is 4.61. The Hall–Kier alpha value is -3.45. The third-order valence-corrected chi connectivity index (χ3v) is 4.91. The zero-order chi connectivity index (χ0) is 17.3. The summed E-state index contributed by atoms with van der Waals surface area (Å²) in [5.41, 5.74) is 5.90. The van der Waals surface area contributed by atoms with Crippen LogP contribution < -0.4 is 0 Å². The molecule has 5 rings (SSSR count). The Labute approximate surface area is 152 Å². The molecule has 0 aliphatic rings. The van der Waals surface area contributed by atoms with Gasteiger partial charge >= 0.3 is 0 Å². The van der Waals surface area contributed by atoms with Crippen LogP contribution in [0.4, 0.5) is 0 Å². The fourth-order valence-corrected chi connectivity index (χ4v) is 3.67. The Morgan fingerprint density at radius 3 is 2.08 bits per heavy atom. The predicted octanol–water partition coefficient (Wildman–Crippen LogP) is 6.72. The summed E-state index contributed by atoms with van der Waals surface area (Å²) in [6, 6.07) is 34.2. The van der Waals surface area contributed by atoms with Crippen LogP contribution in [0.3, 0.4) is 0 Å². The smallest absolute Gasteiger partial charge is 0.0780 e. The zero-order valence-corrected chi connectivity index (χ0v) is 14.3. The second-order valence-corrected chi connectivity index (χ2v) is 6.49. The highest BCUT2D eigenvalue weighted by atomic mass is 14.6. The Kier molecular flexibility index (Phi) is 3.50. The first-order valence-electron chi connectivity index (χ1n) is 8.82. The van der Waals surface area contributed by atoms with E-state index in [1.807, 2.05) is 12.3 Å². The number of para-hydroxylation sites is 1. The molecule has 0 amide bonds. The molecule has 4 aromatic carbocycles. The van der Waals surface area contributed by atoms with E-state index in [9.17, 15) is 0 Å². The van der Waals surface area contributed by atoms with Gasteiger partial charge in [-0.1, -0.05) is 84.9 Å². The van der Waals surface area contributed by atoms with Gasteiger partial charge in [-0.25, -0.2) is 0 Å². The molecule has 0 N–H and O–H groups in total. The first kappa shape index (κ1) is 14.9. The lowest BCUT2D eigenvalue weighted by atomic mass is 9.94. The van der Waals surface area contributed by atoms with Gasteiger partial charge in [0.1, 0.15) is 0 Å². The highest BCUT2D eigenvalue weighted by molar-refractivity contribution is 5.98. The summed E-state index contributed by atoms with van der Waals surface area (Å²) < 4.78 is 0. The second-order valence-electron chi connectivity index (χ2n) is 6.49. The van der Waals surface area contributed by atoms with E-state index in [0.29, 0.717) is 0 Å². The Morgan fingerprint density at radius 1 is 0.500 bits per heavy atom. The first-order valence-corrected chi connectivity index (χ1v) is 8.82. The van der Waals surface area contributed by atoms with E-state index in [1.165, 1.54) is 38.4 Å². The fourth-order valence-electron chi connectivity index (χ4n) is 3.67. The lowest BCUT2D eigenvalue weighted by Crippen LogP contribution is -1.86. The minimum atomic E-state index is 1.05. The van der Waals surface area contributed by atoms with Gasteiger partial charge in [-0.15, -0.1) is 0 Å². The monoisotopic (exact) mass is 331 g/mol. The maximum absolute atomic E-state index is 4.61. The zero-order valence-electron chi connectivity index (χ0n) is 14.3. The quantitative estimate of drug-likeness (QED) is 0.350. The average molecular weight is 331 g/mol. The van der Waals surface area contributed by atoms with Gasteiger partial charge in [0.15, 0.2) is 0 Å². The number of hydrogen-bond donors (Lipinski definition) is 0. The van der Waals surface area contributed by atoms with Gasteiger partial charge in [-0.05, 0) is 39.6 Å². The van der Waals surface area contributed by atoms with Crippen molar-refractivity contribution in [2.45, 2.75) is 0 Å². The van der Waals surface area contributed by atoms with Crippen LogP contribution in [0.2, 0.25) is 0 Å². The molecule has 0 saturated carbocycles. The van der Waals surface area contributed by atoms with E-state index in [4.69, 9.17) is 0 Å². The maximum Gasteiger partial charge on any atom is 0.0780 e. The number of hydrogen-bond acceptors (Lipinski definition) is 1. The van der Waals surface area contributed by atoms with E-state index >= 15 is 0 Å². The van der Waals surface area contributed by atoms with Crippen LogP contribution in [0.25, 0.3) is 43.9 Å². The standard InChI is InChI=1S/C25H17N/c1-2-13-22-18(7-1)8-4-14-23(22)20-10-3-11-21(17-20)24-15-5-9-19-12-6-16-26-25(19)24/h1-17H. The van der Waals surface area contributed by atoms with Gasteiger partial charge in [0, 0.05) is 17.1 Å². The predicted molar refractivity (Wildman–Crippen MR) is 110 cm³/mol. The van der Waals surface area contributed by atoms with Gasteiger partial charge in [0.2, 0.25) is 0 Å². The van der Waals surface area contributed by atoms with Crippen LogP contribution in [0, 0.1) is 0 Å². The molecule has 0 spiro atoms. The molecule has 1 aromatic heterocycles. The van der Waals surface area contributed by atoms with Crippen molar-refractivity contribution in [2.24, 2.45) is 0 Å². The number of nitrogens with zero attached hydrogens (tertiary/aromatic N) is 1. The molecule has 1 heterocycles. The molecule has 1 nitrogen and oxygen atoms in total. The van der Waals surface area contributed by atoms with E-state index in [0.717, 1.165) is 5.52 Å². The molecule has 26 heavy (non-hydrogen) atoms. The number of aromatic nitrogens is 1. The highest BCUT2D eigenvalue weighted by Gasteiger charge is 2.08. The largest absolute Gasteiger partial charge is 0.256 e. The molecular weight excluding hydrogens is 314 g/mol. The molecule has 0 radical (unpaired) electrons. The molecule has 1 heteroatoms. The van der Waals surface area contributed by atoms with Crippen molar-refractivity contribution in [3.63, 3.8) is 0 Å². The Morgan fingerprint density at radius 2 is 1.15 bits per heavy atom. The van der Waals surface area contributed by atoms with Gasteiger partial charge in [-0.2, -0.15) is 0 Å². The van der Waals surface area contributed by atoms with Crippen LogP contribution in [-0.2, 0) is 0 Å². The third kappa shape index (κ3) is 2.46. The van der Waals surface area contributed by atoms with Crippen molar-refractivity contribution >= 4 is 21.7 Å². The summed E-state index contributed by atoms with van der Waals surface area (Å²) in [6.07, 6.45) is 1.86. The van der Waals surface area contributed by atoms with Crippen LogP contribution in [0.15, 0.2) is 103 Å². The Bertz CT molecular complexity index is 1130. The van der Waals surface area contributed by atoms with Crippen LogP contribution in [0.5, 0.6) is 0 Å². The fraction of sp³-hybridized carbons (Fsp3) is 0. The topological polar surface area (TPSA) is 12.9 Å². The summed E-state index contributed by atoms with van der Waals surface area (Å²) in [7, 11) is 0. The van der Waals surface area contributed by atoms with Crippen molar-refractivity contribution in [2.75, 3.05) is 0 Å². The summed E-state index contributed by atoms with van der Waals surface area (Å²) >= 11 is 0.